The number of rotatable bonds is 1. The maximum Gasteiger partial charge on any atom is 0.208 e. The van der Waals surface area contributed by atoms with Crippen LogP contribution in [-0.4, -0.2) is 0 Å². The van der Waals surface area contributed by atoms with Gasteiger partial charge < -0.3 is 4.42 Å². The Balaban J connectivity index is 2.72. The van der Waals surface area contributed by atoms with Crippen LogP contribution in [0.15, 0.2) is 32.3 Å². The van der Waals surface area contributed by atoms with Gasteiger partial charge in [-0.05, 0) is 29.3 Å². The summed E-state index contributed by atoms with van der Waals surface area (Å²) in [6, 6.07) is 1.87. The molecule has 0 N–H and O–H groups in total. The van der Waals surface area contributed by atoms with Crippen molar-refractivity contribution in [3.63, 3.8) is 0 Å². The van der Waals surface area contributed by atoms with Gasteiger partial charge in [0, 0.05) is 0 Å². The highest BCUT2D eigenvalue weighted by Gasteiger charge is 2.10. The van der Waals surface area contributed by atoms with E-state index in [9.17, 15) is 4.79 Å². The number of hydrogen-bond donors (Lipinski definition) is 0. The second-order valence-corrected chi connectivity index (χ2v) is 3.85. The minimum absolute atomic E-state index is 0.139. The van der Waals surface area contributed by atoms with Gasteiger partial charge in [0.2, 0.25) is 5.43 Å². The molecule has 2 aromatic rings. The van der Waals surface area contributed by atoms with Gasteiger partial charge in [0.1, 0.15) is 17.6 Å². The summed E-state index contributed by atoms with van der Waals surface area (Å²) in [5.74, 6) is 2.85. The molecule has 3 heteroatoms. The van der Waals surface area contributed by atoms with Crippen molar-refractivity contribution in [2.75, 3.05) is 0 Å². The van der Waals surface area contributed by atoms with Gasteiger partial charge in [-0.2, -0.15) is 11.3 Å². The van der Waals surface area contributed by atoms with Crippen LogP contribution >= 0.6 is 11.3 Å². The molecule has 0 radical (unpaired) electrons. The highest BCUT2D eigenvalue weighted by atomic mass is 32.1. The van der Waals surface area contributed by atoms with Crippen LogP contribution in [-0.2, 0) is 0 Å². The lowest BCUT2D eigenvalue weighted by Crippen LogP contribution is -2.09. The first kappa shape index (κ1) is 9.75. The topological polar surface area (TPSA) is 30.2 Å². The van der Waals surface area contributed by atoms with Crippen molar-refractivity contribution in [1.82, 2.24) is 0 Å². The van der Waals surface area contributed by atoms with Gasteiger partial charge >= 0.3 is 0 Å². The zero-order chi connectivity index (χ0) is 10.8. The summed E-state index contributed by atoms with van der Waals surface area (Å²) in [4.78, 5) is 11.9. The third kappa shape index (κ3) is 1.60. The maximum atomic E-state index is 11.9. The fourth-order valence-electron chi connectivity index (χ4n) is 1.34. The van der Waals surface area contributed by atoms with E-state index in [1.807, 2.05) is 16.8 Å². The normalized spacial score (nSPS) is 9.87. The third-order valence-corrected chi connectivity index (χ3v) is 2.84. The highest BCUT2D eigenvalue weighted by Crippen LogP contribution is 2.19. The molecule has 0 saturated carbocycles. The molecule has 0 atom stereocenters. The smallest absolute Gasteiger partial charge is 0.208 e. The quantitative estimate of drug-likeness (QED) is 0.686. The Morgan fingerprint density at radius 2 is 2.33 bits per heavy atom. The van der Waals surface area contributed by atoms with Gasteiger partial charge in [-0.3, -0.25) is 4.79 Å². The lowest BCUT2D eigenvalue weighted by Gasteiger charge is -2.00. The molecule has 15 heavy (non-hydrogen) atoms. The van der Waals surface area contributed by atoms with E-state index in [0.29, 0.717) is 16.9 Å². The molecule has 0 bridgehead atoms. The Labute approximate surface area is 91.2 Å². The van der Waals surface area contributed by atoms with E-state index in [4.69, 9.17) is 10.8 Å². The summed E-state index contributed by atoms with van der Waals surface area (Å²) >= 11 is 1.53. The van der Waals surface area contributed by atoms with Gasteiger partial charge in [0.25, 0.3) is 0 Å². The van der Waals surface area contributed by atoms with Crippen molar-refractivity contribution in [1.29, 1.82) is 0 Å². The first-order valence-corrected chi connectivity index (χ1v) is 5.30. The predicted octanol–water partition coefficient (Wildman–Crippen LogP) is 2.66. The Morgan fingerprint density at radius 1 is 1.53 bits per heavy atom. The molecule has 74 valence electrons. The molecule has 0 spiro atoms. The highest BCUT2D eigenvalue weighted by molar-refractivity contribution is 7.08. The molecule has 0 saturated heterocycles. The number of thiophene rings is 1. The van der Waals surface area contributed by atoms with E-state index in [1.54, 1.807) is 6.92 Å². The first-order valence-electron chi connectivity index (χ1n) is 4.35. The van der Waals surface area contributed by atoms with Crippen LogP contribution in [0.3, 0.4) is 0 Å². The molecule has 0 aliphatic carbocycles. The summed E-state index contributed by atoms with van der Waals surface area (Å²) in [5.41, 5.74) is 1.54. The summed E-state index contributed by atoms with van der Waals surface area (Å²) in [5, 5.41) is 3.80. The van der Waals surface area contributed by atoms with E-state index in [-0.39, 0.29) is 5.43 Å². The van der Waals surface area contributed by atoms with Crippen LogP contribution in [0.5, 0.6) is 0 Å². The first-order chi connectivity index (χ1) is 7.24. The summed E-state index contributed by atoms with van der Waals surface area (Å²) in [7, 11) is 0. The molecule has 0 aliphatic rings. The molecule has 2 aromatic heterocycles. The lowest BCUT2D eigenvalue weighted by atomic mass is 10.1. The van der Waals surface area contributed by atoms with E-state index in [2.05, 4.69) is 5.92 Å². The fourth-order valence-corrected chi connectivity index (χ4v) is 1.99. The zero-order valence-electron chi connectivity index (χ0n) is 8.11. The molecule has 2 heterocycles. The molecular formula is C12H8O2S. The molecule has 0 unspecified atom stereocenters. The predicted molar refractivity (Wildman–Crippen MR) is 61.0 cm³/mol. The number of hydrogen-bond acceptors (Lipinski definition) is 3. The molecular weight excluding hydrogens is 208 g/mol. The Morgan fingerprint density at radius 3 is 2.93 bits per heavy atom. The molecule has 0 aliphatic heterocycles. The average molecular weight is 216 g/mol. The van der Waals surface area contributed by atoms with Crippen molar-refractivity contribution in [3.05, 3.63) is 44.6 Å². The van der Waals surface area contributed by atoms with Gasteiger partial charge in [-0.25, -0.2) is 0 Å². The minimum Gasteiger partial charge on any atom is -0.467 e. The van der Waals surface area contributed by atoms with Gasteiger partial charge in [0.15, 0.2) is 0 Å². The van der Waals surface area contributed by atoms with Crippen LogP contribution in [0.25, 0.3) is 11.1 Å². The van der Waals surface area contributed by atoms with Crippen LogP contribution in [0.4, 0.5) is 0 Å². The number of aryl methyl sites for hydroxylation is 1. The van der Waals surface area contributed by atoms with Crippen LogP contribution in [0.1, 0.15) is 11.3 Å². The lowest BCUT2D eigenvalue weighted by molar-refractivity contribution is 0.514. The largest absolute Gasteiger partial charge is 0.467 e. The van der Waals surface area contributed by atoms with Crippen molar-refractivity contribution in [2.24, 2.45) is 0 Å². The number of terminal acetylenes is 1. The van der Waals surface area contributed by atoms with E-state index >= 15 is 0 Å². The summed E-state index contributed by atoms with van der Waals surface area (Å²) in [6.45, 7) is 1.69. The van der Waals surface area contributed by atoms with Crippen molar-refractivity contribution >= 4 is 11.3 Å². The zero-order valence-corrected chi connectivity index (χ0v) is 8.93. The van der Waals surface area contributed by atoms with E-state index in [1.165, 1.54) is 17.6 Å². The SMILES string of the molecule is C#Cc1c(C)occ(-c2ccsc2)c1=O. The van der Waals surface area contributed by atoms with Gasteiger partial charge in [-0.1, -0.05) is 5.92 Å². The van der Waals surface area contributed by atoms with Crippen LogP contribution in [0, 0.1) is 19.3 Å². The summed E-state index contributed by atoms with van der Waals surface area (Å²) in [6.07, 6.45) is 6.73. The third-order valence-electron chi connectivity index (χ3n) is 2.15. The van der Waals surface area contributed by atoms with Crippen molar-refractivity contribution in [2.45, 2.75) is 6.92 Å². The Hall–Kier alpha value is -1.79. The van der Waals surface area contributed by atoms with Gasteiger partial charge in [-0.15, -0.1) is 6.42 Å². The monoisotopic (exact) mass is 216 g/mol. The van der Waals surface area contributed by atoms with E-state index < -0.39 is 0 Å². The molecule has 0 amide bonds. The average Bonchev–Trinajstić information content (AvgIpc) is 2.71. The van der Waals surface area contributed by atoms with Crippen LogP contribution in [0.2, 0.25) is 0 Å². The standard InChI is InChI=1S/C12H8O2S/c1-3-10-8(2)14-6-11(12(10)13)9-4-5-15-7-9/h1,4-7H,2H3. The summed E-state index contributed by atoms with van der Waals surface area (Å²) < 4.78 is 5.25. The Bertz CT molecular complexity index is 571. The van der Waals surface area contributed by atoms with E-state index in [0.717, 1.165) is 5.56 Å². The molecule has 2 rings (SSSR count). The molecule has 2 nitrogen and oxygen atoms in total. The second kappa shape index (κ2) is 3.76. The molecule has 0 fully saturated rings. The second-order valence-electron chi connectivity index (χ2n) is 3.07. The van der Waals surface area contributed by atoms with Crippen molar-refractivity contribution < 1.29 is 4.42 Å². The Kier molecular flexibility index (Phi) is 2.44. The fraction of sp³-hybridized carbons (Fsp3) is 0.0833. The van der Waals surface area contributed by atoms with Crippen LogP contribution < -0.4 is 5.43 Å². The van der Waals surface area contributed by atoms with Crippen molar-refractivity contribution in [3.8, 4) is 23.5 Å². The molecule has 0 aromatic carbocycles. The van der Waals surface area contributed by atoms with Gasteiger partial charge in [0.05, 0.1) is 5.56 Å². The maximum absolute atomic E-state index is 11.9. The minimum atomic E-state index is -0.139.